The predicted molar refractivity (Wildman–Crippen MR) is 81.6 cm³/mol. The first-order valence-corrected chi connectivity index (χ1v) is 7.04. The zero-order chi connectivity index (χ0) is 14.5. The van der Waals surface area contributed by atoms with Gasteiger partial charge in [0, 0.05) is 17.6 Å². The Morgan fingerprint density at radius 3 is 2.90 bits per heavy atom. The van der Waals surface area contributed by atoms with Gasteiger partial charge in [-0.2, -0.15) is 0 Å². The van der Waals surface area contributed by atoms with Crippen LogP contribution in [-0.2, 0) is 4.79 Å². The molecule has 0 saturated carbocycles. The smallest absolute Gasteiger partial charge is 0.237 e. The summed E-state index contributed by atoms with van der Waals surface area (Å²) in [6.07, 6.45) is 3.12. The number of nitrogens with zero attached hydrogens (tertiary/aromatic N) is 2. The molecule has 0 aliphatic rings. The number of nitrogens with one attached hydrogen (secondary N) is 1. The standard InChI is InChI=1S/C14H16N4OS/c1-9-11(15)4-3-5-12(9)18-14(19)10(2)20-13-6-7-16-8-17-13/h3-8,10H,15H2,1-2H3,(H,18,19). The molecule has 1 aromatic carbocycles. The number of nitrogens with two attached hydrogens (primary N) is 1. The molecule has 0 radical (unpaired) electrons. The lowest BCUT2D eigenvalue weighted by Gasteiger charge is -2.14. The van der Waals surface area contributed by atoms with Crippen molar-refractivity contribution in [2.45, 2.75) is 24.1 Å². The van der Waals surface area contributed by atoms with Crippen molar-refractivity contribution in [3.05, 3.63) is 42.4 Å². The van der Waals surface area contributed by atoms with Crippen molar-refractivity contribution in [1.82, 2.24) is 9.97 Å². The lowest BCUT2D eigenvalue weighted by atomic mass is 10.1. The summed E-state index contributed by atoms with van der Waals surface area (Å²) in [5.74, 6) is -0.0812. The van der Waals surface area contributed by atoms with Crippen LogP contribution < -0.4 is 11.1 Å². The third kappa shape index (κ3) is 3.48. The molecule has 0 spiro atoms. The minimum atomic E-state index is -0.259. The van der Waals surface area contributed by atoms with Gasteiger partial charge in [0.2, 0.25) is 5.91 Å². The van der Waals surface area contributed by atoms with E-state index >= 15 is 0 Å². The molecular weight excluding hydrogens is 272 g/mol. The minimum Gasteiger partial charge on any atom is -0.398 e. The molecule has 6 heteroatoms. The van der Waals surface area contributed by atoms with Crippen LogP contribution in [-0.4, -0.2) is 21.1 Å². The van der Waals surface area contributed by atoms with Crippen molar-refractivity contribution in [3.8, 4) is 0 Å². The van der Waals surface area contributed by atoms with E-state index in [1.807, 2.05) is 32.0 Å². The number of nitrogen functional groups attached to an aromatic ring is 1. The number of carbonyl (C=O) groups is 1. The Bertz CT molecular complexity index is 603. The van der Waals surface area contributed by atoms with Crippen LogP contribution in [0.3, 0.4) is 0 Å². The summed E-state index contributed by atoms with van der Waals surface area (Å²) in [6.45, 7) is 3.72. The van der Waals surface area contributed by atoms with E-state index in [4.69, 9.17) is 5.73 Å². The Balaban J connectivity index is 2.03. The lowest BCUT2D eigenvalue weighted by Crippen LogP contribution is -2.23. The van der Waals surface area contributed by atoms with Crippen LogP contribution in [0.25, 0.3) is 0 Å². The molecule has 0 bridgehead atoms. The number of rotatable bonds is 4. The molecule has 2 aromatic rings. The van der Waals surface area contributed by atoms with Crippen LogP contribution in [0.2, 0.25) is 0 Å². The zero-order valence-electron chi connectivity index (χ0n) is 11.3. The zero-order valence-corrected chi connectivity index (χ0v) is 12.1. The van der Waals surface area contributed by atoms with Gasteiger partial charge in [-0.3, -0.25) is 4.79 Å². The van der Waals surface area contributed by atoms with Crippen LogP contribution in [0.4, 0.5) is 11.4 Å². The molecule has 1 atom stereocenters. The molecule has 1 amide bonds. The second-order valence-corrected chi connectivity index (χ2v) is 5.68. The van der Waals surface area contributed by atoms with Gasteiger partial charge in [-0.05, 0) is 37.6 Å². The fourth-order valence-corrected chi connectivity index (χ4v) is 2.38. The van der Waals surface area contributed by atoms with E-state index < -0.39 is 0 Å². The normalized spacial score (nSPS) is 11.9. The molecular formula is C14H16N4OS. The number of anilines is 2. The quantitative estimate of drug-likeness (QED) is 0.513. The first kappa shape index (κ1) is 14.3. The van der Waals surface area contributed by atoms with E-state index in [1.165, 1.54) is 18.1 Å². The van der Waals surface area contributed by atoms with Gasteiger partial charge in [0.1, 0.15) is 11.4 Å². The second kappa shape index (κ2) is 6.38. The molecule has 20 heavy (non-hydrogen) atoms. The Labute approximate surface area is 122 Å². The number of thioether (sulfide) groups is 1. The van der Waals surface area contributed by atoms with Crippen LogP contribution in [0.5, 0.6) is 0 Å². The van der Waals surface area contributed by atoms with Crippen LogP contribution in [0, 0.1) is 6.92 Å². The highest BCUT2D eigenvalue weighted by molar-refractivity contribution is 8.00. The molecule has 2 rings (SSSR count). The third-order valence-electron chi connectivity index (χ3n) is 2.86. The topological polar surface area (TPSA) is 80.9 Å². The van der Waals surface area contributed by atoms with Crippen LogP contribution in [0.1, 0.15) is 12.5 Å². The summed E-state index contributed by atoms with van der Waals surface area (Å²) in [4.78, 5) is 20.1. The van der Waals surface area contributed by atoms with E-state index in [-0.39, 0.29) is 11.2 Å². The van der Waals surface area contributed by atoms with Crippen LogP contribution >= 0.6 is 11.8 Å². The average molecular weight is 288 g/mol. The summed E-state index contributed by atoms with van der Waals surface area (Å²) >= 11 is 1.39. The minimum absolute atomic E-state index is 0.0812. The number of hydrogen-bond acceptors (Lipinski definition) is 5. The highest BCUT2D eigenvalue weighted by atomic mass is 32.2. The summed E-state index contributed by atoms with van der Waals surface area (Å²) in [5, 5.41) is 3.40. The van der Waals surface area contributed by atoms with E-state index in [9.17, 15) is 4.79 Å². The van der Waals surface area contributed by atoms with Gasteiger partial charge >= 0.3 is 0 Å². The van der Waals surface area contributed by atoms with Gasteiger partial charge in [0.25, 0.3) is 0 Å². The largest absolute Gasteiger partial charge is 0.398 e. The molecule has 3 N–H and O–H groups in total. The van der Waals surface area contributed by atoms with Gasteiger partial charge in [0.15, 0.2) is 0 Å². The summed E-state index contributed by atoms with van der Waals surface area (Å²) in [5.41, 5.74) is 8.10. The van der Waals surface area contributed by atoms with Crippen molar-refractivity contribution in [3.63, 3.8) is 0 Å². The summed E-state index contributed by atoms with van der Waals surface area (Å²) in [7, 11) is 0. The fraction of sp³-hybridized carbons (Fsp3) is 0.214. The molecule has 5 nitrogen and oxygen atoms in total. The number of benzene rings is 1. The maximum atomic E-state index is 12.2. The monoisotopic (exact) mass is 288 g/mol. The van der Waals surface area contributed by atoms with Crippen molar-refractivity contribution >= 4 is 29.0 Å². The highest BCUT2D eigenvalue weighted by Gasteiger charge is 2.16. The Morgan fingerprint density at radius 1 is 1.40 bits per heavy atom. The number of aromatic nitrogens is 2. The van der Waals surface area contributed by atoms with Crippen molar-refractivity contribution in [2.24, 2.45) is 0 Å². The van der Waals surface area contributed by atoms with E-state index in [1.54, 1.807) is 12.3 Å². The molecule has 0 aliphatic heterocycles. The first-order valence-electron chi connectivity index (χ1n) is 6.16. The van der Waals surface area contributed by atoms with Gasteiger partial charge in [-0.25, -0.2) is 9.97 Å². The molecule has 0 saturated heterocycles. The van der Waals surface area contributed by atoms with Crippen molar-refractivity contribution in [1.29, 1.82) is 0 Å². The summed E-state index contributed by atoms with van der Waals surface area (Å²) < 4.78 is 0. The molecule has 1 aromatic heterocycles. The predicted octanol–water partition coefficient (Wildman–Crippen LogP) is 2.49. The fourth-order valence-electron chi connectivity index (χ4n) is 1.61. The van der Waals surface area contributed by atoms with Gasteiger partial charge in [-0.1, -0.05) is 17.8 Å². The lowest BCUT2D eigenvalue weighted by molar-refractivity contribution is -0.115. The van der Waals surface area contributed by atoms with Gasteiger partial charge in [0.05, 0.1) is 5.25 Å². The van der Waals surface area contributed by atoms with Gasteiger partial charge in [-0.15, -0.1) is 0 Å². The highest BCUT2D eigenvalue weighted by Crippen LogP contribution is 2.24. The van der Waals surface area contributed by atoms with Crippen LogP contribution in [0.15, 0.2) is 41.8 Å². The average Bonchev–Trinajstić information content (AvgIpc) is 2.45. The Kier molecular flexibility index (Phi) is 4.57. The molecule has 0 fully saturated rings. The van der Waals surface area contributed by atoms with E-state index in [0.29, 0.717) is 5.69 Å². The van der Waals surface area contributed by atoms with Crippen molar-refractivity contribution in [2.75, 3.05) is 11.1 Å². The summed E-state index contributed by atoms with van der Waals surface area (Å²) in [6, 6.07) is 7.25. The van der Waals surface area contributed by atoms with Gasteiger partial charge < -0.3 is 11.1 Å². The number of amides is 1. The number of carbonyl (C=O) groups excluding carboxylic acids is 1. The second-order valence-electron chi connectivity index (χ2n) is 4.32. The first-order chi connectivity index (χ1) is 9.58. The molecule has 1 heterocycles. The maximum absolute atomic E-state index is 12.2. The van der Waals surface area contributed by atoms with E-state index in [2.05, 4.69) is 15.3 Å². The number of hydrogen-bond donors (Lipinski definition) is 2. The maximum Gasteiger partial charge on any atom is 0.237 e. The SMILES string of the molecule is Cc1c(N)cccc1NC(=O)C(C)Sc1ccncn1. The third-order valence-corrected chi connectivity index (χ3v) is 3.91. The Morgan fingerprint density at radius 2 is 2.20 bits per heavy atom. The van der Waals surface area contributed by atoms with Crippen molar-refractivity contribution < 1.29 is 4.79 Å². The molecule has 104 valence electrons. The Hall–Kier alpha value is -2.08. The van der Waals surface area contributed by atoms with E-state index in [0.717, 1.165) is 16.3 Å². The molecule has 1 unspecified atom stereocenters. The molecule has 0 aliphatic carbocycles.